The monoisotopic (exact) mass is 624 g/mol. The Labute approximate surface area is 251 Å². The minimum absolute atomic E-state index is 0.0161. The summed E-state index contributed by atoms with van der Waals surface area (Å²) in [6.45, 7) is 18.4. The summed E-state index contributed by atoms with van der Waals surface area (Å²) >= 11 is 1.51. The smallest absolute Gasteiger partial charge is 0.407 e. The summed E-state index contributed by atoms with van der Waals surface area (Å²) in [7, 11) is -6.00. The van der Waals surface area contributed by atoms with Crippen molar-refractivity contribution in [3.05, 3.63) is 29.4 Å². The number of sulfonamides is 1. The fourth-order valence-electron chi connectivity index (χ4n) is 4.49. The zero-order chi connectivity index (χ0) is 30.8. The maximum Gasteiger partial charge on any atom is 0.407 e. The van der Waals surface area contributed by atoms with E-state index >= 15 is 0 Å². The zero-order valence-corrected chi connectivity index (χ0v) is 28.6. The van der Waals surface area contributed by atoms with E-state index in [1.165, 1.54) is 17.4 Å². The summed E-state index contributed by atoms with van der Waals surface area (Å²) in [5.74, 6) is 0.256. The molecule has 2 aromatic rings. The molecule has 1 aromatic heterocycles. The quantitative estimate of drug-likeness (QED) is 0.200. The van der Waals surface area contributed by atoms with Crippen molar-refractivity contribution in [2.75, 3.05) is 12.3 Å². The fraction of sp³-hybridized carbons (Fsp3) is 0.655. The molecule has 230 valence electrons. The maximum absolute atomic E-state index is 13.7. The third kappa shape index (κ3) is 9.00. The molecule has 1 amide bonds. The molecule has 1 heterocycles. The number of carbonyl (C=O) groups is 1. The summed E-state index contributed by atoms with van der Waals surface area (Å²) in [4.78, 5) is 17.6. The molecule has 0 radical (unpaired) electrons. The third-order valence-corrected chi connectivity index (χ3v) is 15.2. The van der Waals surface area contributed by atoms with Gasteiger partial charge in [0, 0.05) is 34.9 Å². The van der Waals surface area contributed by atoms with Crippen molar-refractivity contribution in [3.63, 3.8) is 0 Å². The fourth-order valence-corrected chi connectivity index (χ4v) is 8.49. The van der Waals surface area contributed by atoms with Crippen LogP contribution in [0.3, 0.4) is 0 Å². The normalized spacial score (nSPS) is 18.9. The molecule has 0 saturated heterocycles. The molecule has 0 spiro atoms. The minimum atomic E-state index is -3.93. The van der Waals surface area contributed by atoms with E-state index in [2.05, 4.69) is 48.9 Å². The van der Waals surface area contributed by atoms with Crippen molar-refractivity contribution in [2.24, 2.45) is 0 Å². The highest BCUT2D eigenvalue weighted by molar-refractivity contribution is 7.89. The SMILES string of the molecule is CC(C)OC(=O)N[C@H]1CC[C@H](c2ncc(-c3ccc(N)cc3S(=O)(=O)NC(C)(C)CO[Si](C)(C)C(C)(C)C)s2)CC1. The van der Waals surface area contributed by atoms with Gasteiger partial charge in [0.1, 0.15) is 0 Å². The first-order chi connectivity index (χ1) is 18.8. The number of nitrogens with two attached hydrogens (primary N) is 1. The summed E-state index contributed by atoms with van der Waals surface area (Å²) < 4.78 is 41.9. The number of hydrogen-bond acceptors (Lipinski definition) is 8. The van der Waals surface area contributed by atoms with Crippen LogP contribution in [-0.2, 0) is 19.2 Å². The van der Waals surface area contributed by atoms with E-state index < -0.39 is 23.9 Å². The van der Waals surface area contributed by atoms with Gasteiger partial charge in [0.2, 0.25) is 10.0 Å². The Morgan fingerprint density at radius 1 is 1.15 bits per heavy atom. The van der Waals surface area contributed by atoms with Crippen LogP contribution in [0, 0.1) is 0 Å². The first kappa shape index (κ1) is 33.5. The van der Waals surface area contributed by atoms with Crippen LogP contribution in [0.2, 0.25) is 18.1 Å². The van der Waals surface area contributed by atoms with Crippen LogP contribution in [0.1, 0.15) is 85.1 Å². The molecule has 1 fully saturated rings. The minimum Gasteiger partial charge on any atom is -0.447 e. The number of hydrogen-bond donors (Lipinski definition) is 3. The summed E-state index contributed by atoms with van der Waals surface area (Å²) in [6.07, 6.45) is 4.67. The van der Waals surface area contributed by atoms with Crippen LogP contribution in [0.4, 0.5) is 10.5 Å². The van der Waals surface area contributed by atoms with E-state index in [-0.39, 0.29) is 40.7 Å². The average Bonchev–Trinajstić information content (AvgIpc) is 3.32. The molecule has 1 aliphatic carbocycles. The second-order valence-electron chi connectivity index (χ2n) is 13.5. The predicted octanol–water partition coefficient (Wildman–Crippen LogP) is 6.63. The van der Waals surface area contributed by atoms with Gasteiger partial charge in [-0.2, -0.15) is 0 Å². The molecule has 3 rings (SSSR count). The van der Waals surface area contributed by atoms with E-state index in [0.29, 0.717) is 11.3 Å². The standard InChI is InChI=1S/C29H48N4O5S2Si/c1-19(2)38-27(34)32-22-13-10-20(11-14-22)26-31-17-24(39-26)23-15-12-21(30)16-25(23)40(35,36)33-29(6,7)18-37-41(8,9)28(3,4)5/h12,15-17,19-20,22,33H,10-11,13-14,18,30H2,1-9H3,(H,32,34)/t20-,22-. The van der Waals surface area contributed by atoms with Crippen LogP contribution in [0.25, 0.3) is 10.4 Å². The molecule has 0 aliphatic heterocycles. The Hall–Kier alpha value is -1.99. The van der Waals surface area contributed by atoms with Crippen LogP contribution >= 0.6 is 11.3 Å². The van der Waals surface area contributed by atoms with E-state index in [9.17, 15) is 13.2 Å². The summed E-state index contributed by atoms with van der Waals surface area (Å²) in [6, 6.07) is 5.06. The predicted molar refractivity (Wildman–Crippen MR) is 169 cm³/mol. The molecule has 9 nitrogen and oxygen atoms in total. The lowest BCUT2D eigenvalue weighted by Gasteiger charge is -2.39. The van der Waals surface area contributed by atoms with Crippen LogP contribution in [-0.4, -0.2) is 52.1 Å². The van der Waals surface area contributed by atoms with Crippen molar-refractivity contribution in [1.82, 2.24) is 15.0 Å². The van der Waals surface area contributed by atoms with Crippen LogP contribution in [0.5, 0.6) is 0 Å². The molecule has 4 N–H and O–H groups in total. The van der Waals surface area contributed by atoms with Crippen LogP contribution in [0.15, 0.2) is 29.3 Å². The van der Waals surface area contributed by atoms with Gasteiger partial charge in [-0.15, -0.1) is 11.3 Å². The summed E-state index contributed by atoms with van der Waals surface area (Å²) in [5.41, 5.74) is 6.18. The number of amides is 1. The second-order valence-corrected chi connectivity index (χ2v) is 21.0. The van der Waals surface area contributed by atoms with E-state index in [1.54, 1.807) is 18.3 Å². The summed E-state index contributed by atoms with van der Waals surface area (Å²) in [5, 5.41) is 3.94. The second kappa shape index (κ2) is 12.7. The number of benzene rings is 1. The molecule has 1 aliphatic rings. The average molecular weight is 625 g/mol. The Morgan fingerprint density at radius 2 is 1.78 bits per heavy atom. The molecule has 0 bridgehead atoms. The van der Waals surface area contributed by atoms with Gasteiger partial charge in [-0.05, 0) is 83.6 Å². The number of rotatable bonds is 10. The molecule has 12 heteroatoms. The number of alkyl carbamates (subject to hydrolysis) is 1. The first-order valence-electron chi connectivity index (χ1n) is 14.3. The van der Waals surface area contributed by atoms with Gasteiger partial charge >= 0.3 is 6.09 Å². The van der Waals surface area contributed by atoms with E-state index in [1.807, 2.05) is 27.7 Å². The Morgan fingerprint density at radius 3 is 2.37 bits per heavy atom. The molecule has 0 unspecified atom stereocenters. The Bertz CT molecular complexity index is 1310. The van der Waals surface area contributed by atoms with Gasteiger partial charge in [-0.1, -0.05) is 26.8 Å². The molecular formula is C29H48N4O5S2Si. The Balaban J connectivity index is 1.75. The number of nitrogens with zero attached hydrogens (tertiary/aromatic N) is 1. The number of anilines is 1. The maximum atomic E-state index is 13.7. The molecule has 1 aromatic carbocycles. The lowest BCUT2D eigenvalue weighted by molar-refractivity contribution is 0.109. The van der Waals surface area contributed by atoms with Crippen molar-refractivity contribution < 1.29 is 22.4 Å². The Kier molecular flexibility index (Phi) is 10.4. The van der Waals surface area contributed by atoms with Crippen molar-refractivity contribution in [1.29, 1.82) is 0 Å². The lowest BCUT2D eigenvalue weighted by Crippen LogP contribution is -2.51. The van der Waals surface area contributed by atoms with Gasteiger partial charge in [0.05, 0.1) is 27.5 Å². The largest absolute Gasteiger partial charge is 0.447 e. The van der Waals surface area contributed by atoms with E-state index in [0.717, 1.165) is 35.6 Å². The highest BCUT2D eigenvalue weighted by Crippen LogP contribution is 2.40. The highest BCUT2D eigenvalue weighted by Gasteiger charge is 2.39. The molecule has 0 atom stereocenters. The van der Waals surface area contributed by atoms with Crippen LogP contribution < -0.4 is 15.8 Å². The lowest BCUT2D eigenvalue weighted by atomic mass is 9.86. The van der Waals surface area contributed by atoms with Crippen molar-refractivity contribution in [2.45, 2.75) is 121 Å². The van der Waals surface area contributed by atoms with E-state index in [4.69, 9.17) is 14.9 Å². The number of aromatic nitrogens is 1. The molecular weight excluding hydrogens is 577 g/mol. The zero-order valence-electron chi connectivity index (χ0n) is 26.0. The van der Waals surface area contributed by atoms with Gasteiger partial charge in [-0.3, -0.25) is 0 Å². The van der Waals surface area contributed by atoms with Crippen molar-refractivity contribution in [3.8, 4) is 10.4 Å². The number of carbonyl (C=O) groups excluding carboxylic acids is 1. The van der Waals surface area contributed by atoms with Crippen molar-refractivity contribution >= 4 is 41.5 Å². The van der Waals surface area contributed by atoms with Gasteiger partial charge < -0.3 is 20.2 Å². The van der Waals surface area contributed by atoms with Gasteiger partial charge in [0.25, 0.3) is 0 Å². The number of nitrogen functional groups attached to an aromatic ring is 1. The number of ether oxygens (including phenoxy) is 1. The topological polar surface area (TPSA) is 133 Å². The van der Waals surface area contributed by atoms with Gasteiger partial charge in [0.15, 0.2) is 8.32 Å². The molecule has 1 saturated carbocycles. The third-order valence-electron chi connectivity index (χ3n) is 7.84. The number of nitrogens with one attached hydrogen (secondary N) is 2. The molecule has 41 heavy (non-hydrogen) atoms. The first-order valence-corrected chi connectivity index (χ1v) is 19.5. The number of thiazole rings is 1. The highest BCUT2D eigenvalue weighted by atomic mass is 32.2. The van der Waals surface area contributed by atoms with Gasteiger partial charge in [-0.25, -0.2) is 22.9 Å².